The minimum atomic E-state index is 0. The number of hydrogen-bond acceptors (Lipinski definition) is 3. The van der Waals surface area contributed by atoms with Crippen LogP contribution in [0.2, 0.25) is 0 Å². The van der Waals surface area contributed by atoms with Crippen molar-refractivity contribution in [2.75, 3.05) is 31.9 Å². The Kier molecular flexibility index (Phi) is 11.9. The zero-order valence-electron chi connectivity index (χ0n) is 15.8. The summed E-state index contributed by atoms with van der Waals surface area (Å²) in [4.78, 5) is 19.2. The van der Waals surface area contributed by atoms with Crippen LogP contribution in [0.5, 0.6) is 0 Å². The molecule has 5 nitrogen and oxygen atoms in total. The predicted octanol–water partition coefficient (Wildman–Crippen LogP) is 3.24. The molecule has 1 aliphatic heterocycles. The predicted molar refractivity (Wildman–Crippen MR) is 119 cm³/mol. The molecule has 25 heavy (non-hydrogen) atoms. The molecular formula is C18H35IN4OS. The van der Waals surface area contributed by atoms with Crippen LogP contribution < -0.4 is 10.6 Å². The van der Waals surface area contributed by atoms with Gasteiger partial charge in [-0.15, -0.1) is 24.0 Å². The molecule has 0 bridgehead atoms. The topological polar surface area (TPSA) is 56.7 Å². The van der Waals surface area contributed by atoms with Crippen molar-refractivity contribution in [3.05, 3.63) is 0 Å². The zero-order valence-corrected chi connectivity index (χ0v) is 18.9. The van der Waals surface area contributed by atoms with Gasteiger partial charge in [-0.3, -0.25) is 9.79 Å². The molecule has 0 aromatic carbocycles. The molecule has 2 N–H and O–H groups in total. The molecule has 2 rings (SSSR count). The van der Waals surface area contributed by atoms with Crippen LogP contribution in [0.4, 0.5) is 0 Å². The highest BCUT2D eigenvalue weighted by atomic mass is 127. The van der Waals surface area contributed by atoms with Crippen molar-refractivity contribution in [3.63, 3.8) is 0 Å². The lowest BCUT2D eigenvalue weighted by Gasteiger charge is -2.34. The summed E-state index contributed by atoms with van der Waals surface area (Å²) in [6, 6.07) is 0.396. The first-order valence-electron chi connectivity index (χ1n) is 9.67. The summed E-state index contributed by atoms with van der Waals surface area (Å²) in [5, 5.41) is 7.25. The van der Waals surface area contributed by atoms with Crippen molar-refractivity contribution in [1.82, 2.24) is 15.5 Å². The van der Waals surface area contributed by atoms with E-state index in [1.54, 1.807) is 0 Å². The Bertz CT molecular complexity index is 416. The fourth-order valence-corrected chi connectivity index (χ4v) is 4.57. The number of carbonyl (C=O) groups excluding carboxylic acids is 1. The maximum Gasteiger partial charge on any atom is 0.222 e. The van der Waals surface area contributed by atoms with Gasteiger partial charge in [0.15, 0.2) is 5.96 Å². The van der Waals surface area contributed by atoms with Gasteiger partial charge in [-0.05, 0) is 26.2 Å². The van der Waals surface area contributed by atoms with Crippen molar-refractivity contribution in [2.45, 2.75) is 70.1 Å². The van der Waals surface area contributed by atoms with Crippen molar-refractivity contribution < 1.29 is 4.79 Å². The van der Waals surface area contributed by atoms with E-state index in [-0.39, 0.29) is 29.9 Å². The number of guanidine groups is 1. The molecule has 1 saturated carbocycles. The van der Waals surface area contributed by atoms with E-state index < -0.39 is 0 Å². The summed E-state index contributed by atoms with van der Waals surface area (Å²) < 4.78 is 0. The van der Waals surface area contributed by atoms with Crippen LogP contribution in [0, 0.1) is 0 Å². The first kappa shape index (κ1) is 22.9. The largest absolute Gasteiger partial charge is 0.357 e. The van der Waals surface area contributed by atoms with Crippen LogP contribution in [-0.2, 0) is 4.79 Å². The molecule has 0 aromatic rings. The Morgan fingerprint density at radius 3 is 2.68 bits per heavy atom. The minimum absolute atomic E-state index is 0. The molecule has 1 saturated heterocycles. The molecular weight excluding hydrogens is 447 g/mol. The molecule has 0 spiro atoms. The SMILES string of the molecule is CCNC(=NCCC(=O)NC1CCCCC1)N1CCSC(CC)C1.I. The van der Waals surface area contributed by atoms with Crippen molar-refractivity contribution in [2.24, 2.45) is 4.99 Å². The highest BCUT2D eigenvalue weighted by Crippen LogP contribution is 2.21. The third-order valence-electron chi connectivity index (χ3n) is 4.80. The molecule has 7 heteroatoms. The molecule has 1 aliphatic carbocycles. The average molecular weight is 482 g/mol. The van der Waals surface area contributed by atoms with Crippen LogP contribution in [-0.4, -0.2) is 60.0 Å². The second-order valence-corrected chi connectivity index (χ2v) is 8.14. The third-order valence-corrected chi connectivity index (χ3v) is 6.17. The van der Waals surface area contributed by atoms with Gasteiger partial charge >= 0.3 is 0 Å². The monoisotopic (exact) mass is 482 g/mol. The Balaban J connectivity index is 0.00000312. The number of carbonyl (C=O) groups is 1. The molecule has 1 atom stereocenters. The van der Waals surface area contributed by atoms with Crippen LogP contribution in [0.25, 0.3) is 0 Å². The number of aliphatic imine (C=N–C) groups is 1. The van der Waals surface area contributed by atoms with Gasteiger partial charge in [0, 0.05) is 43.1 Å². The summed E-state index contributed by atoms with van der Waals surface area (Å²) in [7, 11) is 0. The summed E-state index contributed by atoms with van der Waals surface area (Å²) in [6.07, 6.45) is 7.78. The molecule has 2 fully saturated rings. The first-order valence-corrected chi connectivity index (χ1v) is 10.7. The number of thioether (sulfide) groups is 1. The van der Waals surface area contributed by atoms with Gasteiger partial charge in [-0.25, -0.2) is 0 Å². The normalized spacial score (nSPS) is 22.2. The Morgan fingerprint density at radius 2 is 2.00 bits per heavy atom. The van der Waals surface area contributed by atoms with E-state index in [1.807, 2.05) is 0 Å². The van der Waals surface area contributed by atoms with E-state index in [0.29, 0.717) is 24.3 Å². The van der Waals surface area contributed by atoms with E-state index >= 15 is 0 Å². The van der Waals surface area contributed by atoms with Crippen molar-refractivity contribution in [1.29, 1.82) is 0 Å². The van der Waals surface area contributed by atoms with Gasteiger partial charge in [0.1, 0.15) is 0 Å². The fourth-order valence-electron chi connectivity index (χ4n) is 3.39. The average Bonchev–Trinajstić information content (AvgIpc) is 2.62. The van der Waals surface area contributed by atoms with Gasteiger partial charge < -0.3 is 15.5 Å². The molecule has 1 unspecified atom stereocenters. The standard InChI is InChI=1S/C18H34N4OS.HI/c1-3-16-14-22(12-13-24-16)18(19-4-2)20-11-10-17(23)21-15-8-6-5-7-9-15;/h15-16H,3-14H2,1-2H3,(H,19,20)(H,21,23);1H. The quantitative estimate of drug-likeness (QED) is 0.347. The van der Waals surface area contributed by atoms with E-state index in [2.05, 4.69) is 41.1 Å². The van der Waals surface area contributed by atoms with E-state index in [1.165, 1.54) is 25.7 Å². The summed E-state index contributed by atoms with van der Waals surface area (Å²) >= 11 is 2.06. The number of amides is 1. The smallest absolute Gasteiger partial charge is 0.222 e. The van der Waals surface area contributed by atoms with Gasteiger partial charge in [0.05, 0.1) is 6.54 Å². The van der Waals surface area contributed by atoms with Crippen LogP contribution in [0.3, 0.4) is 0 Å². The molecule has 2 aliphatic rings. The zero-order chi connectivity index (χ0) is 17.2. The first-order chi connectivity index (χ1) is 11.7. The minimum Gasteiger partial charge on any atom is -0.357 e. The third kappa shape index (κ3) is 8.37. The summed E-state index contributed by atoms with van der Waals surface area (Å²) in [5.74, 6) is 2.29. The maximum absolute atomic E-state index is 12.1. The van der Waals surface area contributed by atoms with Gasteiger partial charge in [0.25, 0.3) is 0 Å². The van der Waals surface area contributed by atoms with Gasteiger partial charge in [-0.1, -0.05) is 26.2 Å². The van der Waals surface area contributed by atoms with E-state index in [4.69, 9.17) is 4.99 Å². The molecule has 146 valence electrons. The number of hydrogen-bond donors (Lipinski definition) is 2. The lowest BCUT2D eigenvalue weighted by Crippen LogP contribution is -2.48. The Morgan fingerprint density at radius 1 is 1.24 bits per heavy atom. The molecule has 1 heterocycles. The number of nitrogens with one attached hydrogen (secondary N) is 2. The second-order valence-electron chi connectivity index (χ2n) is 6.74. The highest BCUT2D eigenvalue weighted by molar-refractivity contribution is 14.0. The Labute approximate surface area is 174 Å². The Hall–Kier alpha value is -0.180. The van der Waals surface area contributed by atoms with Crippen LogP contribution >= 0.6 is 35.7 Å². The highest BCUT2D eigenvalue weighted by Gasteiger charge is 2.21. The molecule has 0 aromatic heterocycles. The van der Waals surface area contributed by atoms with Gasteiger partial charge in [-0.2, -0.15) is 11.8 Å². The van der Waals surface area contributed by atoms with Crippen LogP contribution in [0.15, 0.2) is 4.99 Å². The maximum atomic E-state index is 12.1. The number of rotatable bonds is 6. The summed E-state index contributed by atoms with van der Waals surface area (Å²) in [5.41, 5.74) is 0. The van der Waals surface area contributed by atoms with E-state index in [0.717, 1.165) is 44.2 Å². The van der Waals surface area contributed by atoms with Crippen molar-refractivity contribution in [3.8, 4) is 0 Å². The molecule has 1 amide bonds. The lowest BCUT2D eigenvalue weighted by atomic mass is 9.95. The molecule has 0 radical (unpaired) electrons. The van der Waals surface area contributed by atoms with Gasteiger partial charge in [0.2, 0.25) is 5.91 Å². The van der Waals surface area contributed by atoms with E-state index in [9.17, 15) is 4.79 Å². The fraction of sp³-hybridized carbons (Fsp3) is 0.889. The second kappa shape index (κ2) is 13.1. The number of nitrogens with zero attached hydrogens (tertiary/aromatic N) is 2. The number of halogens is 1. The van der Waals surface area contributed by atoms with Crippen LogP contribution in [0.1, 0.15) is 58.8 Å². The lowest BCUT2D eigenvalue weighted by molar-refractivity contribution is -0.121. The summed E-state index contributed by atoms with van der Waals surface area (Å²) in [6.45, 7) is 7.89. The van der Waals surface area contributed by atoms with Crippen molar-refractivity contribution >= 4 is 47.6 Å².